The molecule has 0 saturated carbocycles. The standard InChI is InChI=1S/C35H31F2N7O4/c1-48-30-12-7-21(17-22(30)18-38)32(45)41-26-19-40-44-27-14-16-42(28-13-15-39-33(28)46)20-29(27)43(34(47)31(26)44)25-10-8-24(9-11-25)35(36,37)23-5-3-2-4-6-23/h2-12,17,19,27-29H,13-16,20H2,1H3,(H,39,46)(H,41,45)/t27-,28?,29-/m0/s1. The Hall–Kier alpha value is -5.61. The topological polar surface area (TPSA) is 133 Å². The first-order valence-electron chi connectivity index (χ1n) is 15.6. The number of benzene rings is 3. The third-order valence-electron chi connectivity index (χ3n) is 9.38. The molecule has 0 spiro atoms. The fourth-order valence-electron chi connectivity index (χ4n) is 6.96. The van der Waals surface area contributed by atoms with E-state index in [0.29, 0.717) is 43.9 Å². The first kappa shape index (κ1) is 31.0. The van der Waals surface area contributed by atoms with E-state index >= 15 is 8.78 Å². The Morgan fingerprint density at radius 2 is 1.79 bits per heavy atom. The largest absolute Gasteiger partial charge is 0.495 e. The smallest absolute Gasteiger partial charge is 0.298 e. The van der Waals surface area contributed by atoms with Gasteiger partial charge >= 0.3 is 0 Å². The van der Waals surface area contributed by atoms with Crippen molar-refractivity contribution in [1.82, 2.24) is 20.0 Å². The van der Waals surface area contributed by atoms with E-state index in [4.69, 9.17) is 4.74 Å². The molecular weight excluding hydrogens is 620 g/mol. The van der Waals surface area contributed by atoms with Crippen molar-refractivity contribution in [3.63, 3.8) is 0 Å². The van der Waals surface area contributed by atoms with Crippen LogP contribution < -0.4 is 20.3 Å². The number of aromatic nitrogens is 2. The maximum absolute atomic E-state index is 15.4. The van der Waals surface area contributed by atoms with Gasteiger partial charge in [-0.25, -0.2) is 0 Å². The van der Waals surface area contributed by atoms with Crippen LogP contribution in [0.2, 0.25) is 0 Å². The van der Waals surface area contributed by atoms with E-state index in [1.54, 1.807) is 27.8 Å². The number of halogens is 2. The predicted molar refractivity (Wildman–Crippen MR) is 171 cm³/mol. The van der Waals surface area contributed by atoms with Crippen LogP contribution >= 0.6 is 0 Å². The Kier molecular flexibility index (Phi) is 7.88. The number of nitrogens with one attached hydrogen (secondary N) is 2. The fourth-order valence-corrected chi connectivity index (χ4v) is 6.96. The molecule has 2 saturated heterocycles. The molecule has 11 nitrogen and oxygen atoms in total. The van der Waals surface area contributed by atoms with Gasteiger partial charge < -0.3 is 20.3 Å². The lowest BCUT2D eigenvalue weighted by Gasteiger charge is -2.48. The predicted octanol–water partition coefficient (Wildman–Crippen LogP) is 4.32. The van der Waals surface area contributed by atoms with E-state index in [1.807, 2.05) is 6.07 Å². The number of anilines is 2. The van der Waals surface area contributed by atoms with Crippen molar-refractivity contribution in [1.29, 1.82) is 5.26 Å². The Morgan fingerprint density at radius 3 is 2.48 bits per heavy atom. The third kappa shape index (κ3) is 5.24. The second-order valence-corrected chi connectivity index (χ2v) is 12.0. The molecule has 3 atom stereocenters. The molecule has 2 N–H and O–H groups in total. The lowest BCUT2D eigenvalue weighted by atomic mass is 9.92. The first-order chi connectivity index (χ1) is 23.2. The summed E-state index contributed by atoms with van der Waals surface area (Å²) in [6, 6.07) is 18.5. The number of piperidine rings is 1. The number of likely N-dealkylation sites (tertiary alicyclic amines) is 1. The maximum atomic E-state index is 15.4. The van der Waals surface area contributed by atoms with Crippen LogP contribution in [0.5, 0.6) is 5.75 Å². The van der Waals surface area contributed by atoms with Crippen LogP contribution in [0.4, 0.5) is 20.2 Å². The highest BCUT2D eigenvalue weighted by Crippen LogP contribution is 2.41. The number of alkyl halides is 2. The molecule has 1 aromatic heterocycles. The molecule has 0 bridgehead atoms. The van der Waals surface area contributed by atoms with Gasteiger partial charge in [-0.05, 0) is 43.2 Å². The zero-order valence-electron chi connectivity index (χ0n) is 25.9. The highest BCUT2D eigenvalue weighted by atomic mass is 19.3. The average Bonchev–Trinajstić information content (AvgIpc) is 3.74. The summed E-state index contributed by atoms with van der Waals surface area (Å²) in [5.74, 6) is -4.02. The molecule has 4 aromatic rings. The number of amides is 3. The molecule has 3 aliphatic rings. The number of hydrogen-bond acceptors (Lipinski definition) is 7. The van der Waals surface area contributed by atoms with Crippen molar-refractivity contribution >= 4 is 29.1 Å². The third-order valence-corrected chi connectivity index (χ3v) is 9.38. The van der Waals surface area contributed by atoms with Crippen LogP contribution in [-0.2, 0) is 10.7 Å². The number of ether oxygens (including phenoxy) is 1. The fraction of sp³-hybridized carbons (Fsp3) is 0.286. The minimum absolute atomic E-state index is 0.0579. The summed E-state index contributed by atoms with van der Waals surface area (Å²) < 4.78 is 37.7. The summed E-state index contributed by atoms with van der Waals surface area (Å²) >= 11 is 0. The minimum Gasteiger partial charge on any atom is -0.495 e. The molecule has 48 heavy (non-hydrogen) atoms. The number of nitrogens with zero attached hydrogens (tertiary/aromatic N) is 5. The van der Waals surface area contributed by atoms with Crippen LogP contribution in [0.25, 0.3) is 0 Å². The number of carbonyl (C=O) groups excluding carboxylic acids is 3. The summed E-state index contributed by atoms with van der Waals surface area (Å²) in [6.07, 6.45) is 2.62. The van der Waals surface area contributed by atoms with Crippen molar-refractivity contribution < 1.29 is 27.9 Å². The Morgan fingerprint density at radius 1 is 1.04 bits per heavy atom. The molecule has 7 rings (SSSR count). The number of hydrogen-bond donors (Lipinski definition) is 2. The maximum Gasteiger partial charge on any atom is 0.298 e. The quantitative estimate of drug-likeness (QED) is 0.304. The van der Waals surface area contributed by atoms with E-state index in [-0.39, 0.29) is 51.6 Å². The van der Waals surface area contributed by atoms with Gasteiger partial charge in [-0.15, -0.1) is 0 Å². The highest BCUT2D eigenvalue weighted by Gasteiger charge is 2.48. The lowest BCUT2D eigenvalue weighted by Crippen LogP contribution is -2.61. The minimum atomic E-state index is -3.26. The number of nitriles is 1. The Balaban J connectivity index is 1.24. The molecule has 0 aliphatic carbocycles. The van der Waals surface area contributed by atoms with E-state index in [2.05, 4.69) is 20.6 Å². The molecule has 13 heteroatoms. The first-order valence-corrected chi connectivity index (χ1v) is 15.6. The van der Waals surface area contributed by atoms with Gasteiger partial charge in [0.2, 0.25) is 5.91 Å². The second-order valence-electron chi connectivity index (χ2n) is 12.0. The van der Waals surface area contributed by atoms with E-state index in [9.17, 15) is 19.6 Å². The van der Waals surface area contributed by atoms with Gasteiger partial charge in [0.05, 0.1) is 42.7 Å². The van der Waals surface area contributed by atoms with Crippen LogP contribution in [0.15, 0.2) is 79.0 Å². The van der Waals surface area contributed by atoms with Crippen LogP contribution in [-0.4, -0.2) is 71.2 Å². The van der Waals surface area contributed by atoms with Gasteiger partial charge in [0.1, 0.15) is 11.8 Å². The van der Waals surface area contributed by atoms with Crippen LogP contribution in [0.3, 0.4) is 0 Å². The Bertz CT molecular complexity index is 1940. The van der Waals surface area contributed by atoms with Gasteiger partial charge in [-0.2, -0.15) is 19.1 Å². The summed E-state index contributed by atoms with van der Waals surface area (Å²) in [7, 11) is 1.43. The van der Waals surface area contributed by atoms with Gasteiger partial charge in [-0.3, -0.25) is 24.0 Å². The molecule has 3 amide bonds. The van der Waals surface area contributed by atoms with Crippen molar-refractivity contribution in [2.24, 2.45) is 0 Å². The summed E-state index contributed by atoms with van der Waals surface area (Å²) in [5, 5.41) is 19.7. The zero-order valence-corrected chi connectivity index (χ0v) is 25.9. The van der Waals surface area contributed by atoms with Crippen molar-refractivity contribution in [2.75, 3.05) is 37.0 Å². The molecule has 3 aromatic carbocycles. The summed E-state index contributed by atoms with van der Waals surface area (Å²) in [6.45, 7) is 1.51. The molecular formula is C35H31F2N7O4. The average molecular weight is 652 g/mol. The SMILES string of the molecule is COc1ccc(C(=O)Nc2cnn3c2C(=O)N(c2ccc(C(F)(F)c4ccccc4)cc2)[C@H]2CN(C4CCNC4=O)CC[C@@H]23)cc1C#N. The zero-order chi connectivity index (χ0) is 33.6. The molecule has 3 aliphatic heterocycles. The van der Waals surface area contributed by atoms with Gasteiger partial charge in [-0.1, -0.05) is 42.5 Å². The summed E-state index contributed by atoms with van der Waals surface area (Å²) in [4.78, 5) is 44.0. The van der Waals surface area contributed by atoms with Crippen molar-refractivity contribution in [2.45, 2.75) is 36.9 Å². The normalized spacial score (nSPS) is 20.8. The highest BCUT2D eigenvalue weighted by molar-refractivity contribution is 6.13. The number of rotatable bonds is 7. The summed E-state index contributed by atoms with van der Waals surface area (Å²) in [5.41, 5.74) is 0.712. The number of carbonyl (C=O) groups is 3. The molecule has 2 fully saturated rings. The molecule has 1 unspecified atom stereocenters. The van der Waals surface area contributed by atoms with E-state index in [0.717, 1.165) is 0 Å². The van der Waals surface area contributed by atoms with E-state index < -0.39 is 23.8 Å². The Labute approximate surface area is 274 Å². The molecule has 0 radical (unpaired) electrons. The van der Waals surface area contributed by atoms with Gasteiger partial charge in [0.15, 0.2) is 5.69 Å². The van der Waals surface area contributed by atoms with Crippen LogP contribution in [0.1, 0.15) is 56.4 Å². The monoisotopic (exact) mass is 651 g/mol. The number of methoxy groups -OCH3 is 1. The van der Waals surface area contributed by atoms with Crippen molar-refractivity contribution in [3.05, 3.63) is 107 Å². The van der Waals surface area contributed by atoms with Gasteiger partial charge in [0, 0.05) is 42.0 Å². The number of fused-ring (bicyclic) bond motifs is 3. The molecule has 244 valence electrons. The van der Waals surface area contributed by atoms with Gasteiger partial charge in [0.25, 0.3) is 17.7 Å². The van der Waals surface area contributed by atoms with E-state index in [1.165, 1.54) is 67.9 Å². The molecule has 4 heterocycles. The second kappa shape index (κ2) is 12.2. The van der Waals surface area contributed by atoms with Crippen molar-refractivity contribution in [3.8, 4) is 11.8 Å². The lowest BCUT2D eigenvalue weighted by molar-refractivity contribution is -0.124. The van der Waals surface area contributed by atoms with Crippen LogP contribution in [0, 0.1) is 11.3 Å².